The number of ether oxygens (including phenoxy) is 6. The summed E-state index contributed by atoms with van der Waals surface area (Å²) in [5.74, 6) is -2.89. The Hall–Kier alpha value is -3.67. The number of phenolic OH excluding ortho intramolecular Hbond substituents is 2. The number of nitrogens with one attached hydrogen (secondary N) is 1. The molecule has 2 aromatic rings. The number of amides is 1. The van der Waals surface area contributed by atoms with Crippen LogP contribution in [0.1, 0.15) is 81.7 Å². The van der Waals surface area contributed by atoms with Crippen LogP contribution in [0.5, 0.6) is 17.2 Å². The van der Waals surface area contributed by atoms with Crippen molar-refractivity contribution in [3.63, 3.8) is 0 Å². The summed E-state index contributed by atoms with van der Waals surface area (Å²) in [6.07, 6.45) is -2.67. The van der Waals surface area contributed by atoms with E-state index in [0.717, 1.165) is 12.8 Å². The van der Waals surface area contributed by atoms with Gasteiger partial charge in [0.05, 0.1) is 42.6 Å². The zero-order chi connectivity index (χ0) is 36.2. The van der Waals surface area contributed by atoms with E-state index in [2.05, 4.69) is 10.2 Å². The number of carbonyl (C=O) groups is 3. The standard InChI is InChI=1S/C37H43N3O12/c1-16-33-21(39-9-10-49-35(48-3)34(39)52-33)11-24(50-16)51-23-13-37(46,36(45)40-17-7-8-18(40)15-38-14-17)12-20-26(23)32(44)28-27(30(20)42)29(41)19-5-4-6-22(47-2)25(19)31(28)43/h4-6,16-18,21,23-24,33-35,38,42,44,46H,7-15H2,1-3H3/t16-,17?,18?,21-,23-,24-,33+,34+,35-,37-/m0/s1. The second-order valence-corrected chi connectivity index (χ2v) is 15.0. The Labute approximate surface area is 299 Å². The first kappa shape index (κ1) is 34.1. The van der Waals surface area contributed by atoms with Crippen molar-refractivity contribution in [1.82, 2.24) is 15.1 Å². The van der Waals surface area contributed by atoms with E-state index in [9.17, 15) is 29.7 Å². The molecule has 278 valence electrons. The van der Waals surface area contributed by atoms with E-state index in [1.807, 2.05) is 6.92 Å². The molecule has 15 nitrogen and oxygen atoms in total. The summed E-state index contributed by atoms with van der Waals surface area (Å²) < 4.78 is 36.1. The van der Waals surface area contributed by atoms with Gasteiger partial charge in [0.25, 0.3) is 5.91 Å². The monoisotopic (exact) mass is 721 g/mol. The summed E-state index contributed by atoms with van der Waals surface area (Å²) in [4.78, 5) is 46.5. The van der Waals surface area contributed by atoms with Crippen LogP contribution in [0.15, 0.2) is 18.2 Å². The van der Waals surface area contributed by atoms with Gasteiger partial charge in [-0.3, -0.25) is 19.3 Å². The van der Waals surface area contributed by atoms with Gasteiger partial charge < -0.3 is 54.0 Å². The van der Waals surface area contributed by atoms with Crippen LogP contribution < -0.4 is 10.1 Å². The first-order valence-electron chi connectivity index (χ1n) is 18.0. The molecular weight excluding hydrogens is 678 g/mol. The van der Waals surface area contributed by atoms with E-state index < -0.39 is 72.0 Å². The van der Waals surface area contributed by atoms with Crippen LogP contribution in [0.2, 0.25) is 0 Å². The average molecular weight is 722 g/mol. The maximum Gasteiger partial charge on any atom is 0.255 e. The number of hydrogen-bond acceptors (Lipinski definition) is 14. The van der Waals surface area contributed by atoms with E-state index in [-0.39, 0.29) is 69.8 Å². The van der Waals surface area contributed by atoms with Crippen LogP contribution in [0.25, 0.3) is 0 Å². The summed E-state index contributed by atoms with van der Waals surface area (Å²) in [5.41, 5.74) is -2.86. The molecule has 52 heavy (non-hydrogen) atoms. The van der Waals surface area contributed by atoms with Crippen LogP contribution in [0, 0.1) is 0 Å². The highest BCUT2D eigenvalue weighted by Crippen LogP contribution is 2.53. The summed E-state index contributed by atoms with van der Waals surface area (Å²) in [7, 11) is 2.94. The molecule has 5 aliphatic heterocycles. The van der Waals surface area contributed by atoms with Crippen molar-refractivity contribution in [3.8, 4) is 17.2 Å². The van der Waals surface area contributed by atoms with E-state index in [4.69, 9.17) is 28.4 Å². The van der Waals surface area contributed by atoms with Gasteiger partial charge in [0.2, 0.25) is 5.78 Å². The molecule has 0 saturated carbocycles. The third-order valence-electron chi connectivity index (χ3n) is 12.2. The predicted octanol–water partition coefficient (Wildman–Crippen LogP) is 1.11. The molecule has 10 atom stereocenters. The minimum atomic E-state index is -2.07. The normalized spacial score (nSPS) is 36.5. The number of methoxy groups -OCH3 is 2. The highest BCUT2D eigenvalue weighted by molar-refractivity contribution is 6.31. The molecule has 2 aromatic carbocycles. The molecule has 0 radical (unpaired) electrons. The van der Waals surface area contributed by atoms with Gasteiger partial charge in [-0.1, -0.05) is 12.1 Å². The van der Waals surface area contributed by atoms with Gasteiger partial charge in [0.1, 0.15) is 29.0 Å². The van der Waals surface area contributed by atoms with Gasteiger partial charge in [0, 0.05) is 80.8 Å². The molecule has 5 heterocycles. The molecule has 0 spiro atoms. The molecule has 2 bridgehead atoms. The molecular formula is C37H43N3O12. The van der Waals surface area contributed by atoms with Crippen molar-refractivity contribution >= 4 is 17.5 Å². The van der Waals surface area contributed by atoms with E-state index >= 15 is 0 Å². The first-order chi connectivity index (χ1) is 25.0. The predicted molar refractivity (Wildman–Crippen MR) is 178 cm³/mol. The fraction of sp³-hybridized carbons (Fsp3) is 0.595. The Kier molecular flexibility index (Phi) is 8.17. The molecule has 5 fully saturated rings. The molecule has 15 heteroatoms. The van der Waals surface area contributed by atoms with E-state index in [1.165, 1.54) is 13.2 Å². The number of nitrogens with zero attached hydrogens (tertiary/aromatic N) is 2. The third kappa shape index (κ3) is 4.90. The van der Waals surface area contributed by atoms with Gasteiger partial charge >= 0.3 is 0 Å². The topological polar surface area (TPSA) is 186 Å². The lowest BCUT2D eigenvalue weighted by atomic mass is 9.72. The largest absolute Gasteiger partial charge is 0.507 e. The number of aliphatic hydroxyl groups is 1. The quantitative estimate of drug-likeness (QED) is 0.275. The zero-order valence-electron chi connectivity index (χ0n) is 29.2. The second kappa shape index (κ2) is 12.5. The number of morpholine rings is 1. The molecule has 1 amide bonds. The van der Waals surface area contributed by atoms with Crippen LogP contribution in [-0.2, 0) is 34.9 Å². The maximum absolute atomic E-state index is 14.5. The Morgan fingerprint density at radius 1 is 1.02 bits per heavy atom. The summed E-state index contributed by atoms with van der Waals surface area (Å²) in [5, 5.41) is 39.8. The minimum absolute atomic E-state index is 0.00824. The average Bonchev–Trinajstić information content (AvgIpc) is 3.64. The van der Waals surface area contributed by atoms with Crippen molar-refractivity contribution in [2.45, 2.75) is 99.9 Å². The van der Waals surface area contributed by atoms with Gasteiger partial charge in [-0.25, -0.2) is 0 Å². The van der Waals surface area contributed by atoms with Crippen LogP contribution >= 0.6 is 0 Å². The Morgan fingerprint density at radius 2 is 1.77 bits per heavy atom. The number of ketones is 2. The number of benzene rings is 2. The Balaban J connectivity index is 1.12. The molecule has 4 N–H and O–H groups in total. The fourth-order valence-corrected chi connectivity index (χ4v) is 9.84. The molecule has 7 aliphatic rings. The lowest BCUT2D eigenvalue weighted by molar-refractivity contribution is -0.256. The third-order valence-corrected chi connectivity index (χ3v) is 12.2. The zero-order valence-corrected chi connectivity index (χ0v) is 29.2. The van der Waals surface area contributed by atoms with Gasteiger partial charge in [0.15, 0.2) is 24.6 Å². The van der Waals surface area contributed by atoms with Gasteiger partial charge in [-0.2, -0.15) is 0 Å². The molecule has 5 saturated heterocycles. The Morgan fingerprint density at radius 3 is 2.50 bits per heavy atom. The highest BCUT2D eigenvalue weighted by Gasteiger charge is 2.57. The lowest BCUT2D eigenvalue weighted by Crippen LogP contribution is -2.62. The molecule has 9 rings (SSSR count). The molecule has 0 aromatic heterocycles. The van der Waals surface area contributed by atoms with Crippen LogP contribution in [-0.4, -0.2) is 138 Å². The number of carbonyl (C=O) groups excluding carboxylic acids is 3. The molecule has 2 aliphatic carbocycles. The summed E-state index contributed by atoms with van der Waals surface area (Å²) in [6.45, 7) is 4.11. The van der Waals surface area contributed by atoms with E-state index in [0.29, 0.717) is 32.7 Å². The number of piperazine rings is 1. The number of hydrogen-bond donors (Lipinski definition) is 4. The van der Waals surface area contributed by atoms with Crippen molar-refractivity contribution in [1.29, 1.82) is 0 Å². The van der Waals surface area contributed by atoms with Crippen molar-refractivity contribution in [2.24, 2.45) is 0 Å². The van der Waals surface area contributed by atoms with Crippen LogP contribution in [0.4, 0.5) is 0 Å². The van der Waals surface area contributed by atoms with Crippen molar-refractivity contribution < 1.29 is 58.1 Å². The van der Waals surface area contributed by atoms with Gasteiger partial charge in [-0.05, 0) is 25.8 Å². The number of fused-ring (bicyclic) bond motifs is 8. The lowest BCUT2D eigenvalue weighted by Gasteiger charge is -2.45. The minimum Gasteiger partial charge on any atom is -0.507 e. The fourth-order valence-electron chi connectivity index (χ4n) is 9.84. The number of rotatable bonds is 5. The highest BCUT2D eigenvalue weighted by atomic mass is 16.7. The SMILES string of the molecule is COc1cccc2c1C(=O)c1c(O)c3c(c(O)c1C2=O)C[C@@](O)(C(=O)N1C2CCC1CNC2)C[C@@H]3O[C@H]1C[C@H]2[C@H](O[C@@H]3[C@@H](OC)OCCN32)[C@H](C)O1. The second-order valence-electron chi connectivity index (χ2n) is 15.0. The van der Waals surface area contributed by atoms with Gasteiger partial charge in [-0.15, -0.1) is 0 Å². The first-order valence-corrected chi connectivity index (χ1v) is 18.0. The van der Waals surface area contributed by atoms with Crippen molar-refractivity contribution in [3.05, 3.63) is 51.6 Å². The van der Waals surface area contributed by atoms with E-state index in [1.54, 1.807) is 24.1 Å². The summed E-state index contributed by atoms with van der Waals surface area (Å²) in [6, 6.07) is 4.21. The number of phenols is 2. The molecule has 2 unspecified atom stereocenters. The number of aromatic hydroxyl groups is 2. The smallest absolute Gasteiger partial charge is 0.255 e. The Bertz CT molecular complexity index is 1840. The maximum atomic E-state index is 14.5. The van der Waals surface area contributed by atoms with Crippen molar-refractivity contribution in [2.75, 3.05) is 40.5 Å². The van der Waals surface area contributed by atoms with Crippen LogP contribution in [0.3, 0.4) is 0 Å². The summed E-state index contributed by atoms with van der Waals surface area (Å²) >= 11 is 0.